The van der Waals surface area contributed by atoms with Crippen molar-refractivity contribution in [2.24, 2.45) is 7.05 Å². The standard InChI is InChI=1S/C20H26N6O3/c1-3-4-12-26-15-16(22-20(26)24-10-6-5-7-11-24)21-19(23(2)17(15)27)25-13-8-9-14(25)18(28)29/h14H,5-13H2,1-2H3,(H,28,29)/t14-/m0/s1. The summed E-state index contributed by atoms with van der Waals surface area (Å²) in [7, 11) is 1.64. The number of carbonyl (C=O) groups is 1. The van der Waals surface area contributed by atoms with E-state index in [1.165, 1.54) is 11.0 Å². The third-order valence-electron chi connectivity index (χ3n) is 5.79. The molecule has 0 aromatic carbocycles. The number of carboxylic acids is 1. The van der Waals surface area contributed by atoms with Crippen molar-refractivity contribution in [3.63, 3.8) is 0 Å². The van der Waals surface area contributed by atoms with Gasteiger partial charge in [0.1, 0.15) is 6.04 Å². The van der Waals surface area contributed by atoms with E-state index >= 15 is 0 Å². The highest BCUT2D eigenvalue weighted by atomic mass is 16.4. The Balaban J connectivity index is 1.88. The molecule has 0 aliphatic carbocycles. The van der Waals surface area contributed by atoms with Crippen molar-refractivity contribution in [2.45, 2.75) is 51.6 Å². The van der Waals surface area contributed by atoms with Crippen LogP contribution in [0.15, 0.2) is 4.79 Å². The van der Waals surface area contributed by atoms with Crippen LogP contribution in [-0.4, -0.2) is 55.9 Å². The maximum atomic E-state index is 13.3. The highest BCUT2D eigenvalue weighted by Crippen LogP contribution is 2.27. The van der Waals surface area contributed by atoms with Crippen LogP contribution < -0.4 is 15.4 Å². The van der Waals surface area contributed by atoms with Crippen LogP contribution in [-0.2, 0) is 18.4 Å². The van der Waals surface area contributed by atoms with Crippen LogP contribution in [0.5, 0.6) is 0 Å². The van der Waals surface area contributed by atoms with Gasteiger partial charge in [-0.1, -0.05) is 5.92 Å². The fourth-order valence-corrected chi connectivity index (χ4v) is 4.30. The Kier molecular flexibility index (Phi) is 5.18. The Labute approximate surface area is 168 Å². The normalized spacial score (nSPS) is 19.4. The molecule has 0 radical (unpaired) electrons. The van der Waals surface area contributed by atoms with Gasteiger partial charge < -0.3 is 14.9 Å². The maximum absolute atomic E-state index is 13.3. The van der Waals surface area contributed by atoms with E-state index in [0.717, 1.165) is 38.3 Å². The molecule has 0 saturated carbocycles. The van der Waals surface area contributed by atoms with E-state index in [2.05, 4.69) is 21.7 Å². The third kappa shape index (κ3) is 3.33. The molecule has 9 nitrogen and oxygen atoms in total. The number of aromatic nitrogens is 4. The molecule has 29 heavy (non-hydrogen) atoms. The summed E-state index contributed by atoms with van der Waals surface area (Å²) in [6.45, 7) is 4.49. The van der Waals surface area contributed by atoms with Crippen LogP contribution in [0, 0.1) is 11.8 Å². The summed E-state index contributed by atoms with van der Waals surface area (Å²) in [5, 5.41) is 9.54. The summed E-state index contributed by atoms with van der Waals surface area (Å²) in [5.41, 5.74) is 0.554. The number of anilines is 2. The molecule has 2 fully saturated rings. The number of nitrogens with zero attached hydrogens (tertiary/aromatic N) is 6. The van der Waals surface area contributed by atoms with E-state index in [9.17, 15) is 14.7 Å². The molecule has 2 aliphatic rings. The fourth-order valence-electron chi connectivity index (χ4n) is 4.30. The van der Waals surface area contributed by atoms with E-state index in [0.29, 0.717) is 36.6 Å². The van der Waals surface area contributed by atoms with Gasteiger partial charge in [0, 0.05) is 26.7 Å². The minimum atomic E-state index is -0.894. The Morgan fingerprint density at radius 3 is 2.55 bits per heavy atom. The molecule has 0 spiro atoms. The summed E-state index contributed by atoms with van der Waals surface area (Å²) in [6, 6.07) is -0.667. The molecule has 0 unspecified atom stereocenters. The lowest BCUT2D eigenvalue weighted by Crippen LogP contribution is -2.40. The smallest absolute Gasteiger partial charge is 0.326 e. The molecular formula is C20H26N6O3. The number of carboxylic acid groups (broad SMARTS) is 1. The molecule has 2 aliphatic heterocycles. The number of aliphatic carboxylic acids is 1. The molecule has 2 aromatic rings. The number of fused-ring (bicyclic) bond motifs is 1. The van der Waals surface area contributed by atoms with E-state index in [1.807, 2.05) is 4.57 Å². The molecule has 154 valence electrons. The van der Waals surface area contributed by atoms with Crippen LogP contribution in [0.4, 0.5) is 11.9 Å². The van der Waals surface area contributed by atoms with Gasteiger partial charge >= 0.3 is 5.97 Å². The molecule has 2 saturated heterocycles. The molecule has 0 bridgehead atoms. The molecule has 4 heterocycles. The van der Waals surface area contributed by atoms with Crippen LogP contribution in [0.2, 0.25) is 0 Å². The topological polar surface area (TPSA) is 96.5 Å². The van der Waals surface area contributed by atoms with Gasteiger partial charge in [-0.25, -0.2) is 4.79 Å². The summed E-state index contributed by atoms with van der Waals surface area (Å²) >= 11 is 0. The van der Waals surface area contributed by atoms with Crippen molar-refractivity contribution in [3.8, 4) is 11.8 Å². The number of rotatable bonds is 4. The molecule has 9 heteroatoms. The Bertz CT molecular complexity index is 1050. The number of piperidine rings is 1. The quantitative estimate of drug-likeness (QED) is 0.773. The monoisotopic (exact) mass is 398 g/mol. The van der Waals surface area contributed by atoms with E-state index in [4.69, 9.17) is 4.98 Å². The number of hydrogen-bond donors (Lipinski definition) is 1. The maximum Gasteiger partial charge on any atom is 0.326 e. The fraction of sp³-hybridized carbons (Fsp3) is 0.600. The van der Waals surface area contributed by atoms with Gasteiger partial charge in [-0.15, -0.1) is 5.92 Å². The summed E-state index contributed by atoms with van der Waals surface area (Å²) in [5.74, 6) is 6.13. The number of hydrogen-bond acceptors (Lipinski definition) is 6. The van der Waals surface area contributed by atoms with E-state index < -0.39 is 12.0 Å². The van der Waals surface area contributed by atoms with Gasteiger partial charge in [0.15, 0.2) is 11.2 Å². The first-order valence-electron chi connectivity index (χ1n) is 10.1. The van der Waals surface area contributed by atoms with E-state index in [1.54, 1.807) is 18.9 Å². The molecule has 4 rings (SSSR count). The van der Waals surface area contributed by atoms with Crippen molar-refractivity contribution in [3.05, 3.63) is 10.4 Å². The van der Waals surface area contributed by atoms with Gasteiger partial charge in [0.2, 0.25) is 11.9 Å². The molecule has 1 atom stereocenters. The summed E-state index contributed by atoms with van der Waals surface area (Å²) in [4.78, 5) is 38.2. The second-order valence-electron chi connectivity index (χ2n) is 7.61. The van der Waals surface area contributed by atoms with Crippen LogP contribution >= 0.6 is 0 Å². The van der Waals surface area contributed by atoms with Gasteiger partial charge in [0.05, 0.1) is 6.54 Å². The lowest BCUT2D eigenvalue weighted by Gasteiger charge is -2.27. The average Bonchev–Trinajstić information content (AvgIpc) is 3.34. The third-order valence-corrected chi connectivity index (χ3v) is 5.79. The first-order valence-corrected chi connectivity index (χ1v) is 10.1. The van der Waals surface area contributed by atoms with Crippen molar-refractivity contribution in [2.75, 3.05) is 29.4 Å². The van der Waals surface area contributed by atoms with Gasteiger partial charge in [-0.05, 0) is 39.0 Å². The van der Waals surface area contributed by atoms with Crippen LogP contribution in [0.3, 0.4) is 0 Å². The molecular weight excluding hydrogens is 372 g/mol. The predicted molar refractivity (Wildman–Crippen MR) is 110 cm³/mol. The highest BCUT2D eigenvalue weighted by Gasteiger charge is 2.34. The Morgan fingerprint density at radius 1 is 1.14 bits per heavy atom. The van der Waals surface area contributed by atoms with E-state index in [-0.39, 0.29) is 5.56 Å². The van der Waals surface area contributed by atoms with Crippen LogP contribution in [0.1, 0.15) is 39.0 Å². The highest BCUT2D eigenvalue weighted by molar-refractivity contribution is 5.80. The second-order valence-corrected chi connectivity index (χ2v) is 7.61. The molecule has 1 N–H and O–H groups in total. The van der Waals surface area contributed by atoms with Gasteiger partial charge in [0.25, 0.3) is 5.56 Å². The minimum Gasteiger partial charge on any atom is -0.480 e. The Hall–Kier alpha value is -3.02. The number of imidazole rings is 1. The summed E-state index contributed by atoms with van der Waals surface area (Å²) in [6.07, 6.45) is 4.68. The van der Waals surface area contributed by atoms with Crippen molar-refractivity contribution >= 4 is 29.0 Å². The zero-order valence-corrected chi connectivity index (χ0v) is 16.9. The zero-order chi connectivity index (χ0) is 20.5. The minimum absolute atomic E-state index is 0.227. The van der Waals surface area contributed by atoms with Crippen molar-refractivity contribution < 1.29 is 9.90 Å². The average molecular weight is 398 g/mol. The predicted octanol–water partition coefficient (Wildman–Crippen LogP) is 1.20. The molecule has 0 amide bonds. The van der Waals surface area contributed by atoms with Gasteiger partial charge in [-0.3, -0.25) is 13.9 Å². The zero-order valence-electron chi connectivity index (χ0n) is 16.9. The molecule has 2 aromatic heterocycles. The van der Waals surface area contributed by atoms with Crippen LogP contribution in [0.25, 0.3) is 11.2 Å². The van der Waals surface area contributed by atoms with Gasteiger partial charge in [-0.2, -0.15) is 9.97 Å². The Morgan fingerprint density at radius 2 is 1.86 bits per heavy atom. The van der Waals surface area contributed by atoms with Crippen molar-refractivity contribution in [1.29, 1.82) is 0 Å². The summed E-state index contributed by atoms with van der Waals surface area (Å²) < 4.78 is 3.30. The SMILES string of the molecule is CC#CCn1c(N2CCCCC2)nc2nc(N3CCC[C@H]3C(=O)O)n(C)c(=O)c21. The second kappa shape index (κ2) is 7.78. The largest absolute Gasteiger partial charge is 0.480 e. The lowest BCUT2D eigenvalue weighted by atomic mass is 10.1. The lowest BCUT2D eigenvalue weighted by molar-refractivity contribution is -0.138. The van der Waals surface area contributed by atoms with Crippen molar-refractivity contribution in [1.82, 2.24) is 19.1 Å². The first kappa shape index (κ1) is 19.3. The first-order chi connectivity index (χ1) is 14.0.